The summed E-state index contributed by atoms with van der Waals surface area (Å²) in [6.07, 6.45) is 0. The predicted molar refractivity (Wildman–Crippen MR) is 68.9 cm³/mol. The minimum absolute atomic E-state index is 0.186. The molecule has 3 nitrogen and oxygen atoms in total. The molecule has 0 fully saturated rings. The molecule has 0 aliphatic heterocycles. The van der Waals surface area contributed by atoms with E-state index in [0.717, 1.165) is 0 Å². The summed E-state index contributed by atoms with van der Waals surface area (Å²) in [5, 5.41) is 0. The van der Waals surface area contributed by atoms with E-state index in [-0.39, 0.29) is 11.5 Å². The van der Waals surface area contributed by atoms with E-state index in [9.17, 15) is 18.0 Å². The standard InChI is InChI=1S/C14H18F3NO2/c1-9(2)8-18(4-5-20-3)14(19)10-6-11(15)13(17)12(16)7-10/h6-7,9H,4-5,8H2,1-3H3. The third-order valence-corrected chi connectivity index (χ3v) is 2.67. The Kier molecular flexibility index (Phi) is 6.01. The van der Waals surface area contributed by atoms with E-state index in [1.54, 1.807) is 0 Å². The van der Waals surface area contributed by atoms with E-state index in [1.165, 1.54) is 12.0 Å². The molecule has 0 spiro atoms. The summed E-state index contributed by atoms with van der Waals surface area (Å²) in [5.41, 5.74) is -0.210. The summed E-state index contributed by atoms with van der Waals surface area (Å²) < 4.78 is 44.1. The van der Waals surface area contributed by atoms with Crippen molar-refractivity contribution in [3.8, 4) is 0 Å². The molecule has 0 unspecified atom stereocenters. The van der Waals surface area contributed by atoms with Gasteiger partial charge in [-0.2, -0.15) is 0 Å². The highest BCUT2D eigenvalue weighted by Gasteiger charge is 2.20. The molecule has 112 valence electrons. The number of benzene rings is 1. The molecule has 0 aliphatic carbocycles. The highest BCUT2D eigenvalue weighted by Crippen LogP contribution is 2.16. The van der Waals surface area contributed by atoms with Crippen LogP contribution in [-0.2, 0) is 4.74 Å². The van der Waals surface area contributed by atoms with Gasteiger partial charge < -0.3 is 9.64 Å². The van der Waals surface area contributed by atoms with Crippen molar-refractivity contribution in [1.82, 2.24) is 4.90 Å². The van der Waals surface area contributed by atoms with Crippen LogP contribution in [0.15, 0.2) is 12.1 Å². The fraction of sp³-hybridized carbons (Fsp3) is 0.500. The SMILES string of the molecule is COCCN(CC(C)C)C(=O)c1cc(F)c(F)c(F)c1. The van der Waals surface area contributed by atoms with Crippen molar-refractivity contribution in [3.05, 3.63) is 35.1 Å². The second-order valence-corrected chi connectivity index (χ2v) is 4.89. The van der Waals surface area contributed by atoms with E-state index in [0.29, 0.717) is 31.8 Å². The Morgan fingerprint density at radius 3 is 2.25 bits per heavy atom. The lowest BCUT2D eigenvalue weighted by atomic mass is 10.1. The molecule has 0 aromatic heterocycles. The van der Waals surface area contributed by atoms with Gasteiger partial charge >= 0.3 is 0 Å². The molecule has 0 N–H and O–H groups in total. The van der Waals surface area contributed by atoms with Gasteiger partial charge in [0.15, 0.2) is 17.5 Å². The lowest BCUT2D eigenvalue weighted by molar-refractivity contribution is 0.0671. The van der Waals surface area contributed by atoms with Gasteiger partial charge in [0, 0.05) is 25.8 Å². The summed E-state index contributed by atoms with van der Waals surface area (Å²) >= 11 is 0. The van der Waals surface area contributed by atoms with Crippen LogP contribution in [0.4, 0.5) is 13.2 Å². The number of carbonyl (C=O) groups is 1. The van der Waals surface area contributed by atoms with Crippen molar-refractivity contribution in [2.45, 2.75) is 13.8 Å². The number of rotatable bonds is 6. The Hall–Kier alpha value is -1.56. The lowest BCUT2D eigenvalue weighted by Gasteiger charge is -2.24. The second-order valence-electron chi connectivity index (χ2n) is 4.89. The lowest BCUT2D eigenvalue weighted by Crippen LogP contribution is -2.36. The number of hydrogen-bond donors (Lipinski definition) is 0. The Balaban J connectivity index is 2.98. The summed E-state index contributed by atoms with van der Waals surface area (Å²) in [7, 11) is 1.50. The normalized spacial score (nSPS) is 10.9. The van der Waals surface area contributed by atoms with Crippen LogP contribution in [0.5, 0.6) is 0 Å². The number of halogens is 3. The topological polar surface area (TPSA) is 29.5 Å². The van der Waals surface area contributed by atoms with Crippen LogP contribution in [-0.4, -0.2) is 37.6 Å². The van der Waals surface area contributed by atoms with E-state index >= 15 is 0 Å². The molecule has 1 amide bonds. The van der Waals surface area contributed by atoms with Crippen molar-refractivity contribution in [2.75, 3.05) is 26.8 Å². The number of carbonyl (C=O) groups excluding carboxylic acids is 1. The first-order chi connectivity index (χ1) is 9.36. The Labute approximate surface area is 116 Å². The molecule has 0 atom stereocenters. The van der Waals surface area contributed by atoms with Crippen LogP contribution in [0, 0.1) is 23.4 Å². The maximum Gasteiger partial charge on any atom is 0.254 e. The van der Waals surface area contributed by atoms with Gasteiger partial charge in [0.1, 0.15) is 0 Å². The van der Waals surface area contributed by atoms with E-state index < -0.39 is 23.4 Å². The summed E-state index contributed by atoms with van der Waals surface area (Å²) in [5.74, 6) is -4.68. The molecule has 20 heavy (non-hydrogen) atoms. The molecule has 1 aromatic rings. The first-order valence-electron chi connectivity index (χ1n) is 6.29. The molecule has 0 bridgehead atoms. The quantitative estimate of drug-likeness (QED) is 0.754. The van der Waals surface area contributed by atoms with Crippen LogP contribution < -0.4 is 0 Å². The van der Waals surface area contributed by atoms with E-state index in [4.69, 9.17) is 4.74 Å². The van der Waals surface area contributed by atoms with Gasteiger partial charge in [0.05, 0.1) is 6.61 Å². The number of nitrogens with zero attached hydrogens (tertiary/aromatic N) is 1. The zero-order valence-corrected chi connectivity index (χ0v) is 11.8. The van der Waals surface area contributed by atoms with Crippen molar-refractivity contribution in [1.29, 1.82) is 0 Å². The van der Waals surface area contributed by atoms with Crippen LogP contribution in [0.2, 0.25) is 0 Å². The highest BCUT2D eigenvalue weighted by molar-refractivity contribution is 5.94. The Morgan fingerprint density at radius 1 is 1.25 bits per heavy atom. The molecule has 1 rings (SSSR count). The predicted octanol–water partition coefficient (Wildman–Crippen LogP) is 2.85. The molecular weight excluding hydrogens is 271 g/mol. The number of ether oxygens (including phenoxy) is 1. The number of methoxy groups -OCH3 is 1. The second kappa shape index (κ2) is 7.28. The fourth-order valence-corrected chi connectivity index (χ4v) is 1.78. The first-order valence-corrected chi connectivity index (χ1v) is 6.29. The molecule has 0 saturated heterocycles. The Bertz CT molecular complexity index is 454. The van der Waals surface area contributed by atoms with Crippen molar-refractivity contribution in [3.63, 3.8) is 0 Å². The fourth-order valence-electron chi connectivity index (χ4n) is 1.78. The molecule has 0 saturated carbocycles. The van der Waals surface area contributed by atoms with Gasteiger partial charge in [-0.1, -0.05) is 13.8 Å². The van der Waals surface area contributed by atoms with E-state index in [2.05, 4.69) is 0 Å². The van der Waals surface area contributed by atoms with Crippen molar-refractivity contribution >= 4 is 5.91 Å². The maximum absolute atomic E-state index is 13.2. The van der Waals surface area contributed by atoms with Crippen LogP contribution in [0.1, 0.15) is 24.2 Å². The minimum Gasteiger partial charge on any atom is -0.383 e. The van der Waals surface area contributed by atoms with Gasteiger partial charge in [0.2, 0.25) is 0 Å². The molecule has 0 aliphatic rings. The zero-order chi connectivity index (χ0) is 15.3. The molecule has 0 radical (unpaired) electrons. The average Bonchev–Trinajstić information content (AvgIpc) is 2.39. The molecule has 0 heterocycles. The summed E-state index contributed by atoms with van der Waals surface area (Å²) in [6, 6.07) is 1.42. The molecular formula is C14H18F3NO2. The summed E-state index contributed by atoms with van der Waals surface area (Å²) in [4.78, 5) is 13.6. The smallest absolute Gasteiger partial charge is 0.254 e. The van der Waals surface area contributed by atoms with Gasteiger partial charge in [-0.25, -0.2) is 13.2 Å². The number of amides is 1. The molecule has 6 heteroatoms. The first kappa shape index (κ1) is 16.5. The minimum atomic E-state index is -1.58. The Morgan fingerprint density at radius 2 is 1.80 bits per heavy atom. The van der Waals surface area contributed by atoms with Gasteiger partial charge in [-0.15, -0.1) is 0 Å². The third kappa shape index (κ3) is 4.23. The highest BCUT2D eigenvalue weighted by atomic mass is 19.2. The van der Waals surface area contributed by atoms with Crippen LogP contribution >= 0.6 is 0 Å². The van der Waals surface area contributed by atoms with Gasteiger partial charge in [-0.05, 0) is 18.1 Å². The summed E-state index contributed by atoms with van der Waals surface area (Å²) in [6.45, 7) is 4.86. The van der Waals surface area contributed by atoms with Crippen molar-refractivity contribution in [2.24, 2.45) is 5.92 Å². The van der Waals surface area contributed by atoms with Crippen molar-refractivity contribution < 1.29 is 22.7 Å². The monoisotopic (exact) mass is 289 g/mol. The number of hydrogen-bond acceptors (Lipinski definition) is 2. The average molecular weight is 289 g/mol. The van der Waals surface area contributed by atoms with Crippen LogP contribution in [0.25, 0.3) is 0 Å². The van der Waals surface area contributed by atoms with Gasteiger partial charge in [0.25, 0.3) is 5.91 Å². The zero-order valence-electron chi connectivity index (χ0n) is 11.8. The van der Waals surface area contributed by atoms with Crippen LogP contribution in [0.3, 0.4) is 0 Å². The van der Waals surface area contributed by atoms with Gasteiger partial charge in [-0.3, -0.25) is 4.79 Å². The third-order valence-electron chi connectivity index (χ3n) is 2.67. The van der Waals surface area contributed by atoms with E-state index in [1.807, 2.05) is 13.8 Å². The largest absolute Gasteiger partial charge is 0.383 e. The maximum atomic E-state index is 13.2. The molecule has 1 aromatic carbocycles.